The molecule has 0 spiro atoms. The van der Waals surface area contributed by atoms with Crippen molar-refractivity contribution in [2.75, 3.05) is 6.61 Å². The van der Waals surface area contributed by atoms with Crippen LogP contribution in [0.3, 0.4) is 0 Å². The van der Waals surface area contributed by atoms with Crippen molar-refractivity contribution >= 4 is 5.97 Å². The third kappa shape index (κ3) is 23.1. The Balaban J connectivity index is 4.26. The Kier molecular flexibility index (Phi) is 25.9. The maximum Gasteiger partial charge on any atom is 0.333 e. The zero-order valence-electron chi connectivity index (χ0n) is 27.1. The van der Waals surface area contributed by atoms with E-state index in [0.717, 1.165) is 11.8 Å². The van der Waals surface area contributed by atoms with Crippen molar-refractivity contribution in [1.29, 1.82) is 0 Å². The van der Waals surface area contributed by atoms with Crippen LogP contribution in [0, 0.1) is 23.7 Å². The highest BCUT2D eigenvalue weighted by molar-refractivity contribution is 5.86. The average molecular weight is 535 g/mol. The summed E-state index contributed by atoms with van der Waals surface area (Å²) in [7, 11) is 0. The summed E-state index contributed by atoms with van der Waals surface area (Å²) in [6.45, 7) is 17.9. The first-order chi connectivity index (χ1) is 18.3. The molecule has 0 N–H and O–H groups in total. The zero-order chi connectivity index (χ0) is 28.4. The van der Waals surface area contributed by atoms with Crippen LogP contribution < -0.4 is 0 Å². The lowest BCUT2D eigenvalue weighted by molar-refractivity contribution is -0.141. The minimum absolute atomic E-state index is 0.225. The first-order valence-corrected chi connectivity index (χ1v) is 17.1. The molecular weight excluding hydrogens is 464 g/mol. The predicted octanol–water partition coefficient (Wildman–Crippen LogP) is 12.3. The summed E-state index contributed by atoms with van der Waals surface area (Å²) in [4.78, 5) is 12.1. The van der Waals surface area contributed by atoms with Gasteiger partial charge in [-0.1, -0.05) is 176 Å². The highest BCUT2D eigenvalue weighted by Gasteiger charge is 2.21. The van der Waals surface area contributed by atoms with Gasteiger partial charge in [0.05, 0.1) is 6.61 Å². The molecule has 2 heteroatoms. The lowest BCUT2D eigenvalue weighted by Crippen LogP contribution is -2.22. The fourth-order valence-corrected chi connectivity index (χ4v) is 5.73. The Labute approximate surface area is 240 Å². The molecule has 0 radical (unpaired) electrons. The van der Waals surface area contributed by atoms with Crippen LogP contribution >= 0.6 is 0 Å². The molecule has 226 valence electrons. The van der Waals surface area contributed by atoms with E-state index in [-0.39, 0.29) is 5.97 Å². The zero-order valence-corrected chi connectivity index (χ0v) is 27.1. The topological polar surface area (TPSA) is 26.3 Å². The Hall–Kier alpha value is -0.790. The molecule has 0 aliphatic heterocycles. The SMILES string of the molecule is C=C(C)C(=O)OCC(CCC(C)CCCCCCCCCCCC)C(C)CCCC(C)CCCCCCC. The fourth-order valence-electron chi connectivity index (χ4n) is 5.73. The third-order valence-corrected chi connectivity index (χ3v) is 8.82. The Morgan fingerprint density at radius 1 is 0.579 bits per heavy atom. The van der Waals surface area contributed by atoms with Crippen molar-refractivity contribution in [1.82, 2.24) is 0 Å². The summed E-state index contributed by atoms with van der Waals surface area (Å²) in [5.41, 5.74) is 0.512. The van der Waals surface area contributed by atoms with Crippen LogP contribution in [0.2, 0.25) is 0 Å². The van der Waals surface area contributed by atoms with Crippen LogP contribution in [0.1, 0.15) is 183 Å². The lowest BCUT2D eigenvalue weighted by Gasteiger charge is -2.26. The van der Waals surface area contributed by atoms with E-state index < -0.39 is 0 Å². The van der Waals surface area contributed by atoms with Gasteiger partial charge in [-0.15, -0.1) is 0 Å². The molecular formula is C36H70O2. The third-order valence-electron chi connectivity index (χ3n) is 8.82. The van der Waals surface area contributed by atoms with Crippen molar-refractivity contribution in [2.45, 2.75) is 183 Å². The Morgan fingerprint density at radius 2 is 1.00 bits per heavy atom. The van der Waals surface area contributed by atoms with E-state index in [0.29, 0.717) is 24.0 Å². The van der Waals surface area contributed by atoms with Crippen LogP contribution in [-0.2, 0) is 9.53 Å². The van der Waals surface area contributed by atoms with E-state index in [2.05, 4.69) is 41.2 Å². The quantitative estimate of drug-likeness (QED) is 0.0566. The summed E-state index contributed by atoms with van der Waals surface area (Å²) in [6, 6.07) is 0. The highest BCUT2D eigenvalue weighted by atomic mass is 16.5. The van der Waals surface area contributed by atoms with Crippen LogP contribution in [0.15, 0.2) is 12.2 Å². The summed E-state index contributed by atoms with van der Waals surface area (Å²) in [5.74, 6) is 2.46. The van der Waals surface area contributed by atoms with Gasteiger partial charge in [0.25, 0.3) is 0 Å². The minimum atomic E-state index is -0.225. The number of unbranched alkanes of at least 4 members (excludes halogenated alkanes) is 13. The molecule has 0 aromatic rings. The van der Waals surface area contributed by atoms with Crippen molar-refractivity contribution in [2.24, 2.45) is 23.7 Å². The summed E-state index contributed by atoms with van der Waals surface area (Å²) in [6.07, 6.45) is 30.1. The second-order valence-electron chi connectivity index (χ2n) is 13.0. The Morgan fingerprint density at radius 3 is 1.47 bits per heavy atom. The molecule has 0 saturated carbocycles. The van der Waals surface area contributed by atoms with Gasteiger partial charge in [-0.3, -0.25) is 0 Å². The summed E-state index contributed by atoms with van der Waals surface area (Å²) in [5, 5.41) is 0. The van der Waals surface area contributed by atoms with Gasteiger partial charge in [0.2, 0.25) is 0 Å². The molecule has 0 aromatic heterocycles. The van der Waals surface area contributed by atoms with Crippen LogP contribution in [0.25, 0.3) is 0 Å². The molecule has 0 rings (SSSR count). The van der Waals surface area contributed by atoms with Gasteiger partial charge >= 0.3 is 5.97 Å². The van der Waals surface area contributed by atoms with Gasteiger partial charge < -0.3 is 4.74 Å². The van der Waals surface area contributed by atoms with Crippen LogP contribution in [0.4, 0.5) is 0 Å². The van der Waals surface area contributed by atoms with Crippen LogP contribution in [0.5, 0.6) is 0 Å². The van der Waals surface area contributed by atoms with Crippen molar-refractivity contribution in [3.63, 3.8) is 0 Å². The number of carbonyl (C=O) groups excluding carboxylic acids is 1. The number of carbonyl (C=O) groups is 1. The first-order valence-electron chi connectivity index (χ1n) is 17.1. The summed E-state index contributed by atoms with van der Waals surface area (Å²) < 4.78 is 5.66. The molecule has 2 nitrogen and oxygen atoms in total. The first kappa shape index (κ1) is 37.2. The van der Waals surface area contributed by atoms with Gasteiger partial charge in [-0.25, -0.2) is 4.79 Å². The van der Waals surface area contributed by atoms with Gasteiger partial charge in [0.15, 0.2) is 0 Å². The number of esters is 1. The maximum atomic E-state index is 12.1. The maximum absolute atomic E-state index is 12.1. The molecule has 0 amide bonds. The lowest BCUT2D eigenvalue weighted by atomic mass is 9.83. The molecule has 0 saturated heterocycles. The van der Waals surface area contributed by atoms with Gasteiger partial charge in [-0.2, -0.15) is 0 Å². The molecule has 0 heterocycles. The minimum Gasteiger partial charge on any atom is -0.462 e. The number of hydrogen-bond acceptors (Lipinski definition) is 2. The van der Waals surface area contributed by atoms with Crippen molar-refractivity contribution in [3.05, 3.63) is 12.2 Å². The monoisotopic (exact) mass is 535 g/mol. The standard InChI is InChI=1S/C36H70O2/c1-8-10-12-14-15-16-17-18-20-22-25-33(6)28-29-35(30-38-36(37)31(3)4)34(7)27-23-26-32(5)24-21-19-13-11-9-2/h32-35H,3,8-30H2,1-2,4-7H3. The molecule has 0 bridgehead atoms. The normalized spacial score (nSPS) is 14.7. The van der Waals surface area contributed by atoms with E-state index in [1.54, 1.807) is 6.92 Å². The predicted molar refractivity (Wildman–Crippen MR) is 170 cm³/mol. The van der Waals surface area contributed by atoms with Crippen molar-refractivity contribution in [3.8, 4) is 0 Å². The van der Waals surface area contributed by atoms with Crippen molar-refractivity contribution < 1.29 is 9.53 Å². The molecule has 0 aliphatic carbocycles. The largest absolute Gasteiger partial charge is 0.462 e. The van der Waals surface area contributed by atoms with Gasteiger partial charge in [-0.05, 0) is 37.0 Å². The number of rotatable bonds is 28. The van der Waals surface area contributed by atoms with Crippen LogP contribution in [-0.4, -0.2) is 12.6 Å². The van der Waals surface area contributed by atoms with E-state index in [1.165, 1.54) is 141 Å². The van der Waals surface area contributed by atoms with Gasteiger partial charge in [0, 0.05) is 5.57 Å². The molecule has 0 aliphatic rings. The average Bonchev–Trinajstić information content (AvgIpc) is 2.89. The molecule has 38 heavy (non-hydrogen) atoms. The van der Waals surface area contributed by atoms with Gasteiger partial charge in [0.1, 0.15) is 0 Å². The fraction of sp³-hybridized carbons (Fsp3) is 0.917. The molecule has 0 fully saturated rings. The van der Waals surface area contributed by atoms with E-state index in [9.17, 15) is 4.79 Å². The number of ether oxygens (including phenoxy) is 1. The second kappa shape index (κ2) is 26.4. The second-order valence-corrected chi connectivity index (χ2v) is 13.0. The molecule has 4 unspecified atom stereocenters. The molecule has 4 atom stereocenters. The highest BCUT2D eigenvalue weighted by Crippen LogP contribution is 2.28. The smallest absolute Gasteiger partial charge is 0.333 e. The number of hydrogen-bond donors (Lipinski definition) is 0. The Bertz CT molecular complexity index is 539. The van der Waals surface area contributed by atoms with E-state index in [1.807, 2.05) is 0 Å². The van der Waals surface area contributed by atoms with E-state index >= 15 is 0 Å². The molecule has 0 aromatic carbocycles. The van der Waals surface area contributed by atoms with E-state index in [4.69, 9.17) is 4.74 Å². The summed E-state index contributed by atoms with van der Waals surface area (Å²) >= 11 is 0.